The summed E-state index contributed by atoms with van der Waals surface area (Å²) in [7, 11) is 0. The number of rotatable bonds is 4. The van der Waals surface area contributed by atoms with Gasteiger partial charge >= 0.3 is 5.97 Å². The topological polar surface area (TPSA) is 86.7 Å². The highest BCUT2D eigenvalue weighted by Crippen LogP contribution is 2.37. The van der Waals surface area contributed by atoms with Gasteiger partial charge in [-0.05, 0) is 51.9 Å². The molecule has 4 rings (SSSR count). The molecule has 0 radical (unpaired) electrons. The van der Waals surface area contributed by atoms with E-state index in [-0.39, 0.29) is 5.56 Å². The molecule has 0 fully saturated rings. The van der Waals surface area contributed by atoms with Crippen LogP contribution in [0.15, 0.2) is 78.9 Å². The molecule has 2 N–H and O–H groups in total. The average molecular weight is 512 g/mol. The number of hydrogen-bond donors (Lipinski definition) is 2. The average Bonchev–Trinajstić information content (AvgIpc) is 2.84. The second-order valence-corrected chi connectivity index (χ2v) is 8.10. The molecule has 1 aliphatic rings. The highest BCUT2D eigenvalue weighted by molar-refractivity contribution is 14.1. The predicted molar refractivity (Wildman–Crippen MR) is 120 cm³/mol. The van der Waals surface area contributed by atoms with E-state index in [4.69, 9.17) is 0 Å². The zero-order valence-electron chi connectivity index (χ0n) is 15.7. The minimum atomic E-state index is -1.33. The lowest BCUT2D eigenvalue weighted by Crippen LogP contribution is -2.44. The van der Waals surface area contributed by atoms with Gasteiger partial charge in [0.05, 0.1) is 11.3 Å². The minimum Gasteiger partial charge on any atom is -0.479 e. The van der Waals surface area contributed by atoms with Gasteiger partial charge < -0.3 is 15.3 Å². The molecular formula is C23H17IN2O4. The summed E-state index contributed by atoms with van der Waals surface area (Å²) in [5.74, 6) is -2.19. The number of benzene rings is 3. The van der Waals surface area contributed by atoms with Crippen LogP contribution in [0.4, 0.5) is 5.69 Å². The first-order valence-corrected chi connectivity index (χ1v) is 10.3. The van der Waals surface area contributed by atoms with Crippen molar-refractivity contribution in [2.75, 3.05) is 5.32 Å². The number of carbonyl (C=O) groups is 3. The third kappa shape index (κ3) is 3.68. The van der Waals surface area contributed by atoms with Crippen molar-refractivity contribution < 1.29 is 19.5 Å². The fourth-order valence-corrected chi connectivity index (χ4v) is 4.15. The predicted octanol–water partition coefficient (Wildman–Crippen LogP) is 4.25. The molecule has 2 amide bonds. The SMILES string of the molecule is O=C(O)[C@H](c1ccccc1)N1C(=O)c2cc(I)ccc2NC(=O)[C@@H]1c1ccccc1. The van der Waals surface area contributed by atoms with E-state index in [0.717, 1.165) is 3.57 Å². The van der Waals surface area contributed by atoms with Gasteiger partial charge in [-0.2, -0.15) is 0 Å². The molecule has 7 heteroatoms. The van der Waals surface area contributed by atoms with Crippen molar-refractivity contribution in [1.29, 1.82) is 0 Å². The summed E-state index contributed by atoms with van der Waals surface area (Å²) < 4.78 is 0.804. The number of halogens is 1. The minimum absolute atomic E-state index is 0.260. The number of amides is 2. The molecule has 0 aliphatic carbocycles. The molecule has 0 saturated heterocycles. The molecule has 3 aromatic rings. The second kappa shape index (κ2) is 8.27. The molecule has 0 spiro atoms. The van der Waals surface area contributed by atoms with Crippen LogP contribution in [0.3, 0.4) is 0 Å². The lowest BCUT2D eigenvalue weighted by molar-refractivity contribution is -0.144. The number of carboxylic acid groups (broad SMARTS) is 1. The molecule has 6 nitrogen and oxygen atoms in total. The number of carbonyl (C=O) groups excluding carboxylic acids is 2. The second-order valence-electron chi connectivity index (χ2n) is 6.86. The molecule has 2 atom stereocenters. The Labute approximate surface area is 186 Å². The summed E-state index contributed by atoms with van der Waals surface area (Å²) in [6, 6.07) is 19.9. The van der Waals surface area contributed by atoms with Gasteiger partial charge in [0.1, 0.15) is 6.04 Å². The van der Waals surface area contributed by atoms with Crippen LogP contribution in [0.2, 0.25) is 0 Å². The van der Waals surface area contributed by atoms with Gasteiger partial charge in [0, 0.05) is 3.57 Å². The highest BCUT2D eigenvalue weighted by atomic mass is 127. The standard InChI is InChI=1S/C23H17IN2O4/c24-16-11-12-18-17(13-16)22(28)26(20(23(29)30)15-9-5-2-6-10-15)19(21(27)25-18)14-7-3-1-4-8-14/h1-13,19-20H,(H,25,27)(H,29,30)/t19-,20-/m0/s1. The Balaban J connectivity index is 1.96. The lowest BCUT2D eigenvalue weighted by atomic mass is 9.98. The molecule has 1 aliphatic heterocycles. The molecule has 1 heterocycles. The molecule has 0 aromatic heterocycles. The molecule has 0 saturated carbocycles. The van der Waals surface area contributed by atoms with E-state index in [1.807, 2.05) is 0 Å². The number of hydrogen-bond acceptors (Lipinski definition) is 3. The van der Waals surface area contributed by atoms with Crippen LogP contribution in [0.1, 0.15) is 33.6 Å². The van der Waals surface area contributed by atoms with E-state index in [2.05, 4.69) is 27.9 Å². The number of anilines is 1. The Bertz CT molecular complexity index is 1120. The smallest absolute Gasteiger partial charge is 0.331 e. The van der Waals surface area contributed by atoms with Crippen LogP contribution in [-0.2, 0) is 9.59 Å². The Morgan fingerprint density at radius 2 is 1.60 bits per heavy atom. The first-order valence-electron chi connectivity index (χ1n) is 9.23. The maximum absolute atomic E-state index is 13.7. The number of fused-ring (bicyclic) bond motifs is 1. The van der Waals surface area contributed by atoms with Gasteiger partial charge in [0.2, 0.25) is 0 Å². The number of nitrogens with zero attached hydrogens (tertiary/aromatic N) is 1. The Hall–Kier alpha value is -3.20. The van der Waals surface area contributed by atoms with E-state index in [0.29, 0.717) is 16.8 Å². The fraction of sp³-hybridized carbons (Fsp3) is 0.0870. The quantitative estimate of drug-likeness (QED) is 0.512. The highest BCUT2D eigenvalue weighted by Gasteiger charge is 2.43. The number of aliphatic carboxylic acids is 1. The Morgan fingerprint density at radius 1 is 0.967 bits per heavy atom. The van der Waals surface area contributed by atoms with Crippen molar-refractivity contribution in [2.45, 2.75) is 12.1 Å². The van der Waals surface area contributed by atoms with E-state index < -0.39 is 29.9 Å². The van der Waals surface area contributed by atoms with E-state index in [1.54, 1.807) is 78.9 Å². The fourth-order valence-electron chi connectivity index (χ4n) is 3.66. The maximum atomic E-state index is 13.7. The first kappa shape index (κ1) is 20.1. The third-order valence-electron chi connectivity index (χ3n) is 4.97. The van der Waals surface area contributed by atoms with Crippen molar-refractivity contribution in [3.63, 3.8) is 0 Å². The summed E-state index contributed by atoms with van der Waals surface area (Å²) in [5.41, 5.74) is 1.58. The summed E-state index contributed by atoms with van der Waals surface area (Å²) in [5, 5.41) is 12.9. The van der Waals surface area contributed by atoms with Crippen LogP contribution in [0.5, 0.6) is 0 Å². The monoisotopic (exact) mass is 512 g/mol. The third-order valence-corrected chi connectivity index (χ3v) is 5.64. The van der Waals surface area contributed by atoms with Crippen molar-refractivity contribution in [1.82, 2.24) is 4.90 Å². The van der Waals surface area contributed by atoms with Crippen molar-refractivity contribution in [3.05, 3.63) is 99.1 Å². The van der Waals surface area contributed by atoms with Crippen LogP contribution in [-0.4, -0.2) is 27.8 Å². The zero-order chi connectivity index (χ0) is 21.3. The Morgan fingerprint density at radius 3 is 2.23 bits per heavy atom. The van der Waals surface area contributed by atoms with Gasteiger partial charge in [-0.1, -0.05) is 60.7 Å². The normalized spacial score (nSPS) is 17.0. The van der Waals surface area contributed by atoms with Gasteiger partial charge in [0.25, 0.3) is 11.8 Å². The molecule has 0 bridgehead atoms. The maximum Gasteiger partial charge on any atom is 0.331 e. The number of carboxylic acids is 1. The summed E-state index contributed by atoms with van der Waals surface area (Å²) in [4.78, 5) is 40.5. The Kier molecular flexibility index (Phi) is 5.54. The summed E-state index contributed by atoms with van der Waals surface area (Å²) in [6.07, 6.45) is 0. The molecule has 3 aromatic carbocycles. The van der Waals surface area contributed by atoms with Gasteiger partial charge in [-0.3, -0.25) is 9.59 Å². The summed E-state index contributed by atoms with van der Waals surface area (Å²) in [6.45, 7) is 0. The van der Waals surface area contributed by atoms with Crippen molar-refractivity contribution in [3.8, 4) is 0 Å². The summed E-state index contributed by atoms with van der Waals surface area (Å²) >= 11 is 2.08. The van der Waals surface area contributed by atoms with E-state index >= 15 is 0 Å². The van der Waals surface area contributed by atoms with E-state index in [9.17, 15) is 19.5 Å². The first-order chi connectivity index (χ1) is 14.5. The largest absolute Gasteiger partial charge is 0.479 e. The van der Waals surface area contributed by atoms with Crippen molar-refractivity contribution in [2.24, 2.45) is 0 Å². The molecule has 0 unspecified atom stereocenters. The van der Waals surface area contributed by atoms with Crippen molar-refractivity contribution >= 4 is 46.1 Å². The van der Waals surface area contributed by atoms with Gasteiger partial charge in [0.15, 0.2) is 6.04 Å². The molecular weight excluding hydrogens is 495 g/mol. The van der Waals surface area contributed by atoms with Crippen LogP contribution in [0, 0.1) is 3.57 Å². The van der Waals surface area contributed by atoms with Crippen LogP contribution >= 0.6 is 22.6 Å². The molecule has 30 heavy (non-hydrogen) atoms. The van der Waals surface area contributed by atoms with Crippen LogP contribution < -0.4 is 5.32 Å². The van der Waals surface area contributed by atoms with Gasteiger partial charge in [-0.15, -0.1) is 0 Å². The number of nitrogens with one attached hydrogen (secondary N) is 1. The zero-order valence-corrected chi connectivity index (χ0v) is 17.8. The van der Waals surface area contributed by atoms with E-state index in [1.165, 1.54) is 4.90 Å². The lowest BCUT2D eigenvalue weighted by Gasteiger charge is -2.34. The molecule has 150 valence electrons. The van der Waals surface area contributed by atoms with Gasteiger partial charge in [-0.25, -0.2) is 4.79 Å². The van der Waals surface area contributed by atoms with Crippen LogP contribution in [0.25, 0.3) is 0 Å².